The molecule has 0 atom stereocenters. The van der Waals surface area contributed by atoms with E-state index in [2.05, 4.69) is 10.3 Å². The Kier molecular flexibility index (Phi) is 7.56. The van der Waals surface area contributed by atoms with Crippen LogP contribution in [0.2, 0.25) is 0 Å². The van der Waals surface area contributed by atoms with Crippen LogP contribution in [-0.2, 0) is 9.53 Å². The first-order valence-electron chi connectivity index (χ1n) is 9.79. The Balaban J connectivity index is 2.02. The second-order valence-corrected chi connectivity index (χ2v) is 6.61. The summed E-state index contributed by atoms with van der Waals surface area (Å²) in [6, 6.07) is 13.6. The van der Waals surface area contributed by atoms with Crippen LogP contribution in [0, 0.1) is 11.3 Å². The number of rotatable bonds is 9. The van der Waals surface area contributed by atoms with E-state index >= 15 is 0 Å². The number of benzene rings is 1. The fourth-order valence-corrected chi connectivity index (χ4v) is 2.85. The molecule has 9 nitrogen and oxygen atoms in total. The lowest BCUT2D eigenvalue weighted by atomic mass is 10.1. The Morgan fingerprint density at radius 3 is 2.62 bits per heavy atom. The van der Waals surface area contributed by atoms with Gasteiger partial charge in [-0.1, -0.05) is 6.07 Å². The van der Waals surface area contributed by atoms with Gasteiger partial charge in [0, 0.05) is 26.5 Å². The first-order valence-corrected chi connectivity index (χ1v) is 9.79. The second-order valence-electron chi connectivity index (χ2n) is 6.61. The molecule has 1 amide bonds. The van der Waals surface area contributed by atoms with E-state index in [1.807, 2.05) is 6.07 Å². The Morgan fingerprint density at radius 2 is 1.94 bits per heavy atom. The van der Waals surface area contributed by atoms with Gasteiger partial charge in [-0.05, 0) is 48.9 Å². The fourth-order valence-electron chi connectivity index (χ4n) is 2.85. The molecule has 0 aliphatic carbocycles. The van der Waals surface area contributed by atoms with E-state index in [1.54, 1.807) is 62.9 Å². The molecule has 164 valence electrons. The van der Waals surface area contributed by atoms with Crippen molar-refractivity contribution in [1.82, 2.24) is 14.7 Å². The molecule has 9 heteroatoms. The van der Waals surface area contributed by atoms with Crippen LogP contribution < -0.4 is 20.3 Å². The van der Waals surface area contributed by atoms with Gasteiger partial charge in [-0.3, -0.25) is 14.0 Å². The number of carbonyl (C=O) groups excluding carboxylic acids is 1. The number of hydrogen-bond donors (Lipinski definition) is 1. The van der Waals surface area contributed by atoms with Crippen LogP contribution in [0.25, 0.3) is 11.7 Å². The number of amides is 1. The van der Waals surface area contributed by atoms with Crippen LogP contribution in [-0.4, -0.2) is 42.7 Å². The van der Waals surface area contributed by atoms with Crippen molar-refractivity contribution in [2.75, 3.05) is 27.4 Å². The Bertz CT molecular complexity index is 1230. The Hall–Kier alpha value is -4.16. The molecule has 0 saturated carbocycles. The third-order valence-electron chi connectivity index (χ3n) is 4.47. The lowest BCUT2D eigenvalue weighted by molar-refractivity contribution is -0.117. The van der Waals surface area contributed by atoms with Gasteiger partial charge in [0.1, 0.15) is 34.4 Å². The van der Waals surface area contributed by atoms with Crippen LogP contribution in [0.1, 0.15) is 12.0 Å². The van der Waals surface area contributed by atoms with Gasteiger partial charge >= 0.3 is 0 Å². The van der Waals surface area contributed by atoms with Crippen molar-refractivity contribution in [2.45, 2.75) is 6.42 Å². The molecule has 0 aliphatic heterocycles. The molecule has 0 aliphatic rings. The van der Waals surface area contributed by atoms with E-state index < -0.39 is 11.5 Å². The number of methoxy groups -OCH3 is 2. The maximum atomic E-state index is 13.1. The molecule has 3 aromatic rings. The van der Waals surface area contributed by atoms with Gasteiger partial charge in [-0.15, -0.1) is 0 Å². The van der Waals surface area contributed by atoms with Crippen LogP contribution in [0.4, 0.5) is 0 Å². The molecule has 3 rings (SSSR count). The zero-order valence-electron chi connectivity index (χ0n) is 17.7. The van der Waals surface area contributed by atoms with E-state index in [0.29, 0.717) is 36.7 Å². The van der Waals surface area contributed by atoms with E-state index in [0.717, 1.165) is 0 Å². The van der Waals surface area contributed by atoms with Gasteiger partial charge in [0.2, 0.25) is 5.88 Å². The number of hydrogen-bond acceptors (Lipinski definition) is 7. The summed E-state index contributed by atoms with van der Waals surface area (Å²) in [5, 5.41) is 12.1. The van der Waals surface area contributed by atoms with Crippen LogP contribution in [0.5, 0.6) is 17.4 Å². The number of aromatic nitrogens is 2. The van der Waals surface area contributed by atoms with Crippen LogP contribution >= 0.6 is 0 Å². The lowest BCUT2D eigenvalue weighted by Crippen LogP contribution is -2.27. The molecule has 0 fully saturated rings. The number of carbonyl (C=O) groups is 1. The molecule has 1 N–H and O–H groups in total. The van der Waals surface area contributed by atoms with Gasteiger partial charge in [0.25, 0.3) is 11.5 Å². The molecule has 2 heterocycles. The van der Waals surface area contributed by atoms with Crippen molar-refractivity contribution in [3.63, 3.8) is 0 Å². The number of nitrogens with zero attached hydrogens (tertiary/aromatic N) is 3. The van der Waals surface area contributed by atoms with E-state index in [1.165, 1.54) is 10.5 Å². The van der Waals surface area contributed by atoms with Crippen molar-refractivity contribution in [1.29, 1.82) is 5.26 Å². The number of nitrogens with one attached hydrogen (secondary N) is 1. The Morgan fingerprint density at radius 1 is 1.19 bits per heavy atom. The van der Waals surface area contributed by atoms with Crippen molar-refractivity contribution < 1.29 is 19.0 Å². The highest BCUT2D eigenvalue weighted by Gasteiger charge is 2.17. The highest BCUT2D eigenvalue weighted by molar-refractivity contribution is 6.01. The highest BCUT2D eigenvalue weighted by Crippen LogP contribution is 2.25. The van der Waals surface area contributed by atoms with Gasteiger partial charge in [0.05, 0.1) is 7.11 Å². The first kappa shape index (κ1) is 22.5. The summed E-state index contributed by atoms with van der Waals surface area (Å²) < 4.78 is 17.3. The maximum absolute atomic E-state index is 13.1. The zero-order valence-corrected chi connectivity index (χ0v) is 17.7. The normalized spacial score (nSPS) is 11.1. The van der Waals surface area contributed by atoms with E-state index in [4.69, 9.17) is 14.2 Å². The number of nitriles is 1. The summed E-state index contributed by atoms with van der Waals surface area (Å²) in [5.41, 5.74) is -0.371. The minimum atomic E-state index is -0.600. The lowest BCUT2D eigenvalue weighted by Gasteiger charge is -2.11. The maximum Gasteiger partial charge on any atom is 0.269 e. The largest absolute Gasteiger partial charge is 0.497 e. The van der Waals surface area contributed by atoms with Gasteiger partial charge < -0.3 is 19.5 Å². The molecule has 0 unspecified atom stereocenters. The molecule has 0 saturated heterocycles. The number of pyridine rings is 1. The van der Waals surface area contributed by atoms with Crippen LogP contribution in [0.15, 0.2) is 59.0 Å². The molecular formula is C23H22N4O5. The quantitative estimate of drug-likeness (QED) is 0.313. The fraction of sp³-hybridized carbons (Fsp3) is 0.217. The molecule has 0 spiro atoms. The molecule has 1 aromatic carbocycles. The topological polar surface area (TPSA) is 115 Å². The average molecular weight is 434 g/mol. The first-order chi connectivity index (χ1) is 15.6. The van der Waals surface area contributed by atoms with Crippen molar-refractivity contribution in [3.8, 4) is 23.4 Å². The minimum absolute atomic E-state index is 0.0203. The predicted molar refractivity (Wildman–Crippen MR) is 118 cm³/mol. The standard InChI is InChI=1S/C23H22N4O5/c1-30-13-5-11-25-21(28)16(15-24)14-19-22(32-18-9-7-17(31-2)8-10-18)26-20-6-3-4-12-27(20)23(19)29/h3-4,6-10,12,14H,5,11,13H2,1-2H3,(H,25,28)/b16-14+. The third-order valence-corrected chi connectivity index (χ3v) is 4.47. The van der Waals surface area contributed by atoms with E-state index in [9.17, 15) is 14.9 Å². The van der Waals surface area contributed by atoms with Crippen LogP contribution in [0.3, 0.4) is 0 Å². The van der Waals surface area contributed by atoms with Crippen molar-refractivity contribution in [2.24, 2.45) is 0 Å². The van der Waals surface area contributed by atoms with Gasteiger partial charge in [-0.25, -0.2) is 0 Å². The SMILES string of the molecule is COCCCNC(=O)/C(C#N)=C/c1c(Oc2ccc(OC)cc2)nc2ccccn2c1=O. The highest BCUT2D eigenvalue weighted by atomic mass is 16.5. The van der Waals surface area contributed by atoms with Gasteiger partial charge in [-0.2, -0.15) is 10.2 Å². The van der Waals surface area contributed by atoms with Crippen molar-refractivity contribution >= 4 is 17.6 Å². The summed E-state index contributed by atoms with van der Waals surface area (Å²) in [7, 11) is 3.11. The third kappa shape index (κ3) is 5.30. The molecule has 0 radical (unpaired) electrons. The summed E-state index contributed by atoms with van der Waals surface area (Å²) in [5.74, 6) is 0.430. The smallest absolute Gasteiger partial charge is 0.269 e. The molecule has 0 bridgehead atoms. The monoisotopic (exact) mass is 434 g/mol. The van der Waals surface area contributed by atoms with Gasteiger partial charge in [0.15, 0.2) is 0 Å². The zero-order chi connectivity index (χ0) is 22.9. The summed E-state index contributed by atoms with van der Waals surface area (Å²) in [6.45, 7) is 0.803. The van der Waals surface area contributed by atoms with E-state index in [-0.39, 0.29) is 17.0 Å². The number of fused-ring (bicyclic) bond motifs is 1. The molecule has 2 aromatic heterocycles. The average Bonchev–Trinajstić information content (AvgIpc) is 2.82. The molecular weight excluding hydrogens is 412 g/mol. The number of ether oxygens (including phenoxy) is 3. The van der Waals surface area contributed by atoms with Crippen molar-refractivity contribution in [3.05, 3.63) is 70.2 Å². The minimum Gasteiger partial charge on any atom is -0.497 e. The summed E-state index contributed by atoms with van der Waals surface area (Å²) in [6.07, 6.45) is 3.34. The predicted octanol–water partition coefficient (Wildman–Crippen LogP) is 2.56. The Labute approximate surface area is 184 Å². The molecule has 32 heavy (non-hydrogen) atoms. The second kappa shape index (κ2) is 10.7. The summed E-state index contributed by atoms with van der Waals surface area (Å²) >= 11 is 0. The summed E-state index contributed by atoms with van der Waals surface area (Å²) in [4.78, 5) is 30.0.